The number of hydrogen-bond donors (Lipinski definition) is 3. The van der Waals surface area contributed by atoms with Crippen LogP contribution in [0.5, 0.6) is 0 Å². The van der Waals surface area contributed by atoms with Gasteiger partial charge in [-0.25, -0.2) is 4.98 Å². The Bertz CT molecular complexity index is 533. The number of amides is 1. The van der Waals surface area contributed by atoms with E-state index in [1.54, 1.807) is 0 Å². The molecule has 19 heavy (non-hydrogen) atoms. The lowest BCUT2D eigenvalue weighted by atomic mass is 10.3. The number of rotatable bonds is 2. The number of ether oxygens (including phenoxy) is 1. The molecule has 2 aromatic rings. The molecule has 1 fully saturated rings. The number of nitrogens with zero attached hydrogens (tertiary/aromatic N) is 1. The van der Waals surface area contributed by atoms with Crippen molar-refractivity contribution in [3.05, 3.63) is 24.3 Å². The first-order chi connectivity index (χ1) is 8.83. The molecule has 2 heterocycles. The Morgan fingerprint density at radius 3 is 3.00 bits per heavy atom. The molecule has 3 N–H and O–H groups in total. The normalized spacial score (nSPS) is 18.8. The Hall–Kier alpha value is -1.63. The Labute approximate surface area is 116 Å². The molecule has 1 unspecified atom stereocenters. The van der Waals surface area contributed by atoms with Crippen LogP contribution in [0.15, 0.2) is 24.3 Å². The molecule has 3 rings (SSSR count). The van der Waals surface area contributed by atoms with Gasteiger partial charge in [0.25, 0.3) is 5.91 Å². The smallest absolute Gasteiger partial charge is 0.257 e. The number of hydrogen-bond acceptors (Lipinski definition) is 4. The Balaban J connectivity index is 0.00000133. The third-order valence-electron chi connectivity index (χ3n) is 2.85. The number of benzene rings is 1. The van der Waals surface area contributed by atoms with E-state index >= 15 is 0 Å². The van der Waals surface area contributed by atoms with Crippen LogP contribution in [0.1, 0.15) is 0 Å². The van der Waals surface area contributed by atoms with E-state index in [1.165, 1.54) is 0 Å². The number of imidazole rings is 1. The van der Waals surface area contributed by atoms with Crippen LogP contribution in [0.4, 0.5) is 5.95 Å². The number of fused-ring (bicyclic) bond motifs is 1. The van der Waals surface area contributed by atoms with E-state index in [0.717, 1.165) is 17.6 Å². The quantitative estimate of drug-likeness (QED) is 0.765. The number of morpholine rings is 1. The largest absolute Gasteiger partial charge is 0.366 e. The van der Waals surface area contributed by atoms with Crippen LogP contribution < -0.4 is 10.6 Å². The van der Waals surface area contributed by atoms with Gasteiger partial charge in [0.1, 0.15) is 6.10 Å². The van der Waals surface area contributed by atoms with Gasteiger partial charge >= 0.3 is 0 Å². The molecule has 1 aromatic heterocycles. The number of carbonyl (C=O) groups is 1. The fourth-order valence-corrected chi connectivity index (χ4v) is 1.94. The summed E-state index contributed by atoms with van der Waals surface area (Å²) in [5.41, 5.74) is 1.73. The minimum atomic E-state index is -0.452. The third-order valence-corrected chi connectivity index (χ3v) is 2.85. The van der Waals surface area contributed by atoms with Gasteiger partial charge in [0, 0.05) is 13.1 Å². The van der Waals surface area contributed by atoms with Crippen molar-refractivity contribution in [3.8, 4) is 0 Å². The third kappa shape index (κ3) is 3.04. The van der Waals surface area contributed by atoms with Crippen molar-refractivity contribution in [1.29, 1.82) is 0 Å². The number of halogens is 1. The lowest BCUT2D eigenvalue weighted by Gasteiger charge is -2.22. The first-order valence-electron chi connectivity index (χ1n) is 5.91. The lowest BCUT2D eigenvalue weighted by molar-refractivity contribution is -0.128. The van der Waals surface area contributed by atoms with Crippen molar-refractivity contribution in [2.24, 2.45) is 0 Å². The number of H-pyrrole nitrogens is 1. The molecular weight excluding hydrogens is 268 g/mol. The van der Waals surface area contributed by atoms with Crippen molar-refractivity contribution in [3.63, 3.8) is 0 Å². The van der Waals surface area contributed by atoms with Gasteiger partial charge in [-0.1, -0.05) is 12.1 Å². The summed E-state index contributed by atoms with van der Waals surface area (Å²) in [5.74, 6) is 0.275. The molecule has 6 nitrogen and oxygen atoms in total. The molecule has 102 valence electrons. The predicted octanol–water partition coefficient (Wildman–Crippen LogP) is 0.912. The molecule has 1 aliphatic rings. The molecule has 0 spiro atoms. The molecule has 1 aliphatic heterocycles. The number of anilines is 1. The van der Waals surface area contributed by atoms with E-state index in [9.17, 15) is 4.79 Å². The standard InChI is InChI=1S/C12H14N4O2.ClH/c17-11(10-7-13-5-6-18-10)16-12-14-8-3-1-2-4-9(8)15-12;/h1-4,10,13H,5-7H2,(H2,14,15,16,17);1H. The zero-order valence-electron chi connectivity index (χ0n) is 10.2. The first kappa shape index (κ1) is 13.8. The van der Waals surface area contributed by atoms with E-state index in [-0.39, 0.29) is 18.3 Å². The fraction of sp³-hybridized carbons (Fsp3) is 0.333. The van der Waals surface area contributed by atoms with Crippen LogP contribution >= 0.6 is 12.4 Å². The van der Waals surface area contributed by atoms with E-state index in [4.69, 9.17) is 4.74 Å². The molecular formula is C12H15ClN4O2. The second kappa shape index (κ2) is 6.01. The predicted molar refractivity (Wildman–Crippen MR) is 74.6 cm³/mol. The van der Waals surface area contributed by atoms with E-state index in [1.807, 2.05) is 24.3 Å². The number of para-hydroxylation sites is 2. The van der Waals surface area contributed by atoms with E-state index in [0.29, 0.717) is 19.1 Å². The highest BCUT2D eigenvalue weighted by molar-refractivity contribution is 5.94. The summed E-state index contributed by atoms with van der Waals surface area (Å²) in [6.45, 7) is 1.87. The summed E-state index contributed by atoms with van der Waals surface area (Å²) >= 11 is 0. The summed E-state index contributed by atoms with van der Waals surface area (Å²) in [5, 5.41) is 5.84. The van der Waals surface area contributed by atoms with Gasteiger partial charge in [-0.3, -0.25) is 10.1 Å². The highest BCUT2D eigenvalue weighted by atomic mass is 35.5. The molecule has 1 saturated heterocycles. The maximum atomic E-state index is 11.9. The summed E-state index contributed by atoms with van der Waals surface area (Å²) in [6, 6.07) is 7.63. The lowest BCUT2D eigenvalue weighted by Crippen LogP contribution is -2.45. The summed E-state index contributed by atoms with van der Waals surface area (Å²) in [4.78, 5) is 19.2. The van der Waals surface area contributed by atoms with Crippen molar-refractivity contribution in [2.45, 2.75) is 6.10 Å². The van der Waals surface area contributed by atoms with Gasteiger partial charge < -0.3 is 15.0 Å². The average Bonchev–Trinajstić information content (AvgIpc) is 2.82. The summed E-state index contributed by atoms with van der Waals surface area (Å²) in [7, 11) is 0. The van der Waals surface area contributed by atoms with Gasteiger partial charge in [0.2, 0.25) is 5.95 Å². The zero-order valence-corrected chi connectivity index (χ0v) is 11.0. The maximum Gasteiger partial charge on any atom is 0.257 e. The molecule has 0 radical (unpaired) electrons. The Morgan fingerprint density at radius 1 is 1.42 bits per heavy atom. The van der Waals surface area contributed by atoms with Crippen LogP contribution in [-0.4, -0.2) is 41.7 Å². The van der Waals surface area contributed by atoms with Crippen molar-refractivity contribution < 1.29 is 9.53 Å². The maximum absolute atomic E-state index is 11.9. The van der Waals surface area contributed by atoms with Gasteiger partial charge in [0.15, 0.2) is 0 Å². The van der Waals surface area contributed by atoms with Crippen LogP contribution in [-0.2, 0) is 9.53 Å². The van der Waals surface area contributed by atoms with Crippen LogP contribution in [0.3, 0.4) is 0 Å². The average molecular weight is 283 g/mol. The number of aromatic amines is 1. The molecule has 0 aliphatic carbocycles. The zero-order chi connectivity index (χ0) is 12.4. The number of carbonyl (C=O) groups excluding carboxylic acids is 1. The van der Waals surface area contributed by atoms with Crippen molar-refractivity contribution in [1.82, 2.24) is 15.3 Å². The molecule has 0 bridgehead atoms. The van der Waals surface area contributed by atoms with Crippen LogP contribution in [0, 0.1) is 0 Å². The highest BCUT2D eigenvalue weighted by Crippen LogP contribution is 2.13. The van der Waals surface area contributed by atoms with Crippen molar-refractivity contribution in [2.75, 3.05) is 25.0 Å². The second-order valence-corrected chi connectivity index (χ2v) is 4.16. The summed E-state index contributed by atoms with van der Waals surface area (Å²) in [6.07, 6.45) is -0.452. The van der Waals surface area contributed by atoms with Crippen LogP contribution in [0.2, 0.25) is 0 Å². The number of nitrogens with one attached hydrogen (secondary N) is 3. The molecule has 1 amide bonds. The molecule has 1 aromatic carbocycles. The number of aromatic nitrogens is 2. The first-order valence-corrected chi connectivity index (χ1v) is 5.91. The monoisotopic (exact) mass is 282 g/mol. The van der Waals surface area contributed by atoms with Crippen LogP contribution in [0.25, 0.3) is 11.0 Å². The van der Waals surface area contributed by atoms with E-state index < -0.39 is 6.10 Å². The fourth-order valence-electron chi connectivity index (χ4n) is 1.94. The van der Waals surface area contributed by atoms with Gasteiger partial charge in [0.05, 0.1) is 17.6 Å². The van der Waals surface area contributed by atoms with Gasteiger partial charge in [-0.15, -0.1) is 12.4 Å². The van der Waals surface area contributed by atoms with Crippen molar-refractivity contribution >= 4 is 35.3 Å². The SMILES string of the molecule is Cl.O=C(Nc1nc2ccccc2[nH]1)C1CNCCO1. The highest BCUT2D eigenvalue weighted by Gasteiger charge is 2.22. The van der Waals surface area contributed by atoms with E-state index in [2.05, 4.69) is 20.6 Å². The summed E-state index contributed by atoms with van der Waals surface area (Å²) < 4.78 is 5.37. The topological polar surface area (TPSA) is 79.0 Å². The second-order valence-electron chi connectivity index (χ2n) is 4.16. The Kier molecular flexibility index (Phi) is 4.36. The Morgan fingerprint density at radius 2 is 2.26 bits per heavy atom. The molecule has 1 atom stereocenters. The minimum absolute atomic E-state index is 0. The molecule has 0 saturated carbocycles. The van der Waals surface area contributed by atoms with Gasteiger partial charge in [-0.05, 0) is 12.1 Å². The minimum Gasteiger partial charge on any atom is -0.366 e. The molecule has 7 heteroatoms. The van der Waals surface area contributed by atoms with Gasteiger partial charge in [-0.2, -0.15) is 0 Å².